The van der Waals surface area contributed by atoms with Gasteiger partial charge in [0.1, 0.15) is 12.4 Å². The van der Waals surface area contributed by atoms with E-state index in [4.69, 9.17) is 0 Å². The summed E-state index contributed by atoms with van der Waals surface area (Å²) in [7, 11) is 0. The molecular formula is C18H24N4O3. The lowest BCUT2D eigenvalue weighted by atomic mass is 10.2. The Labute approximate surface area is 146 Å². The molecule has 0 bridgehead atoms. The summed E-state index contributed by atoms with van der Waals surface area (Å²) in [4.78, 5) is 33.6. The van der Waals surface area contributed by atoms with Gasteiger partial charge in [0.25, 0.3) is 5.56 Å². The van der Waals surface area contributed by atoms with Gasteiger partial charge in [0.05, 0.1) is 17.0 Å². The molecule has 3 rings (SSSR count). The minimum absolute atomic E-state index is 0.0128. The number of carbonyl (C=O) groups is 1. The number of para-hydroxylation sites is 1. The van der Waals surface area contributed by atoms with Crippen LogP contribution in [0, 0.1) is 6.92 Å². The molecule has 2 aromatic rings. The zero-order valence-corrected chi connectivity index (χ0v) is 14.7. The third-order valence-corrected chi connectivity index (χ3v) is 4.59. The Morgan fingerprint density at radius 3 is 2.60 bits per heavy atom. The molecular weight excluding hydrogens is 320 g/mol. The van der Waals surface area contributed by atoms with Gasteiger partial charge in [-0.25, -0.2) is 4.98 Å². The summed E-state index contributed by atoms with van der Waals surface area (Å²) < 4.78 is 1.45. The van der Waals surface area contributed by atoms with E-state index in [1.807, 2.05) is 6.07 Å². The number of hydrogen-bond donors (Lipinski definition) is 1. The van der Waals surface area contributed by atoms with Gasteiger partial charge >= 0.3 is 0 Å². The van der Waals surface area contributed by atoms with Gasteiger partial charge in [0.15, 0.2) is 0 Å². The minimum Gasteiger partial charge on any atom is -0.392 e. The molecule has 1 aliphatic rings. The third-order valence-electron chi connectivity index (χ3n) is 4.59. The van der Waals surface area contributed by atoms with Crippen molar-refractivity contribution in [1.29, 1.82) is 0 Å². The normalized spacial score (nSPS) is 17.0. The number of nitrogens with zero attached hydrogens (tertiary/aromatic N) is 4. The van der Waals surface area contributed by atoms with E-state index in [9.17, 15) is 14.7 Å². The fourth-order valence-corrected chi connectivity index (χ4v) is 3.25. The number of benzene rings is 1. The van der Waals surface area contributed by atoms with Crippen molar-refractivity contribution in [2.75, 3.05) is 32.7 Å². The number of carbonyl (C=O) groups excluding carboxylic acids is 1. The van der Waals surface area contributed by atoms with E-state index < -0.39 is 0 Å². The molecule has 0 spiro atoms. The van der Waals surface area contributed by atoms with Gasteiger partial charge in [-0.2, -0.15) is 0 Å². The van der Waals surface area contributed by atoms with Crippen LogP contribution in [0.4, 0.5) is 0 Å². The molecule has 0 aliphatic carbocycles. The lowest BCUT2D eigenvalue weighted by Gasteiger charge is -2.35. The highest BCUT2D eigenvalue weighted by Gasteiger charge is 2.22. The van der Waals surface area contributed by atoms with E-state index in [2.05, 4.69) is 9.88 Å². The first-order valence-corrected chi connectivity index (χ1v) is 8.60. The van der Waals surface area contributed by atoms with Crippen LogP contribution in [0.2, 0.25) is 0 Å². The van der Waals surface area contributed by atoms with Crippen LogP contribution < -0.4 is 5.56 Å². The molecule has 1 fully saturated rings. The number of rotatable bonds is 4. The summed E-state index contributed by atoms with van der Waals surface area (Å²) >= 11 is 0. The number of aliphatic hydroxyl groups excluding tert-OH is 1. The maximum atomic E-state index is 12.7. The van der Waals surface area contributed by atoms with Crippen molar-refractivity contribution in [3.8, 4) is 0 Å². The second kappa shape index (κ2) is 7.33. The monoisotopic (exact) mass is 344 g/mol. The molecule has 7 heteroatoms. The number of β-amino-alcohol motifs (C(OH)–C–C–N with tert-alkyl or cyclic N) is 1. The van der Waals surface area contributed by atoms with E-state index in [1.165, 1.54) is 4.57 Å². The molecule has 1 aromatic carbocycles. The Bertz CT molecular complexity index is 823. The third kappa shape index (κ3) is 3.88. The number of aliphatic hydroxyl groups is 1. The summed E-state index contributed by atoms with van der Waals surface area (Å²) in [6.45, 7) is 6.84. The van der Waals surface area contributed by atoms with Gasteiger partial charge in [-0.3, -0.25) is 19.1 Å². The summed E-state index contributed by atoms with van der Waals surface area (Å²) in [5, 5.41) is 9.99. The van der Waals surface area contributed by atoms with Crippen molar-refractivity contribution in [3.63, 3.8) is 0 Å². The number of piperazine rings is 1. The van der Waals surface area contributed by atoms with E-state index in [0.717, 1.165) is 13.1 Å². The molecule has 0 saturated carbocycles. The quantitative estimate of drug-likeness (QED) is 0.859. The van der Waals surface area contributed by atoms with Gasteiger partial charge < -0.3 is 10.0 Å². The molecule has 25 heavy (non-hydrogen) atoms. The number of aromatic nitrogens is 2. The molecule has 0 unspecified atom stereocenters. The molecule has 0 radical (unpaired) electrons. The van der Waals surface area contributed by atoms with Crippen molar-refractivity contribution < 1.29 is 9.90 Å². The molecule has 2 heterocycles. The van der Waals surface area contributed by atoms with Crippen LogP contribution in [-0.4, -0.2) is 69.2 Å². The SMILES string of the molecule is Cc1nc2ccccc2c(=O)n1CC(=O)N1CCN(C[C@@H](C)O)CC1. The lowest BCUT2D eigenvalue weighted by molar-refractivity contribution is -0.133. The van der Waals surface area contributed by atoms with Gasteiger partial charge in [0.2, 0.25) is 5.91 Å². The van der Waals surface area contributed by atoms with Crippen molar-refractivity contribution in [2.45, 2.75) is 26.5 Å². The average molecular weight is 344 g/mol. The van der Waals surface area contributed by atoms with E-state index in [0.29, 0.717) is 36.4 Å². The highest BCUT2D eigenvalue weighted by atomic mass is 16.3. The second-order valence-electron chi connectivity index (χ2n) is 6.60. The molecule has 1 aliphatic heterocycles. The Hall–Kier alpha value is -2.25. The molecule has 1 N–H and O–H groups in total. The molecule has 7 nitrogen and oxygen atoms in total. The lowest BCUT2D eigenvalue weighted by Crippen LogP contribution is -2.51. The van der Waals surface area contributed by atoms with Crippen LogP contribution in [0.1, 0.15) is 12.7 Å². The van der Waals surface area contributed by atoms with E-state index in [1.54, 1.807) is 36.9 Å². The largest absolute Gasteiger partial charge is 0.392 e. The summed E-state index contributed by atoms with van der Waals surface area (Å²) in [5.41, 5.74) is 0.477. The van der Waals surface area contributed by atoms with Crippen molar-refractivity contribution in [3.05, 3.63) is 40.4 Å². The molecule has 1 atom stereocenters. The van der Waals surface area contributed by atoms with Gasteiger partial charge in [-0.15, -0.1) is 0 Å². The predicted molar refractivity (Wildman–Crippen MR) is 95.4 cm³/mol. The number of amides is 1. The zero-order valence-electron chi connectivity index (χ0n) is 14.7. The average Bonchev–Trinajstić information content (AvgIpc) is 2.58. The zero-order chi connectivity index (χ0) is 18.0. The maximum absolute atomic E-state index is 12.7. The minimum atomic E-state index is -0.368. The van der Waals surface area contributed by atoms with Crippen LogP contribution in [0.15, 0.2) is 29.1 Å². The molecule has 1 amide bonds. The molecule has 1 saturated heterocycles. The Morgan fingerprint density at radius 2 is 1.92 bits per heavy atom. The van der Waals surface area contributed by atoms with Crippen LogP contribution >= 0.6 is 0 Å². The summed E-state index contributed by atoms with van der Waals surface area (Å²) in [6, 6.07) is 7.18. The van der Waals surface area contributed by atoms with E-state index >= 15 is 0 Å². The number of aryl methyl sites for hydroxylation is 1. The fraction of sp³-hybridized carbons (Fsp3) is 0.500. The summed E-state index contributed by atoms with van der Waals surface area (Å²) in [6.07, 6.45) is -0.368. The first-order valence-electron chi connectivity index (χ1n) is 8.60. The smallest absolute Gasteiger partial charge is 0.261 e. The van der Waals surface area contributed by atoms with Gasteiger partial charge in [-0.05, 0) is 26.0 Å². The maximum Gasteiger partial charge on any atom is 0.261 e. The van der Waals surface area contributed by atoms with Crippen LogP contribution in [0.25, 0.3) is 10.9 Å². The number of fused-ring (bicyclic) bond motifs is 1. The topological polar surface area (TPSA) is 78.7 Å². The van der Waals surface area contributed by atoms with Crippen LogP contribution in [0.3, 0.4) is 0 Å². The van der Waals surface area contributed by atoms with E-state index in [-0.39, 0.29) is 24.1 Å². The molecule has 134 valence electrons. The second-order valence-corrected chi connectivity index (χ2v) is 6.60. The molecule has 1 aromatic heterocycles. The van der Waals surface area contributed by atoms with Crippen molar-refractivity contribution in [2.24, 2.45) is 0 Å². The highest BCUT2D eigenvalue weighted by molar-refractivity contribution is 5.79. The van der Waals surface area contributed by atoms with Crippen molar-refractivity contribution >= 4 is 16.8 Å². The van der Waals surface area contributed by atoms with Crippen LogP contribution in [-0.2, 0) is 11.3 Å². The first-order chi connectivity index (χ1) is 12.0. The highest BCUT2D eigenvalue weighted by Crippen LogP contribution is 2.09. The Kier molecular flexibility index (Phi) is 5.15. The fourth-order valence-electron chi connectivity index (χ4n) is 3.25. The Morgan fingerprint density at radius 1 is 1.24 bits per heavy atom. The summed E-state index contributed by atoms with van der Waals surface area (Å²) in [5.74, 6) is 0.476. The first kappa shape index (κ1) is 17.6. The predicted octanol–water partition coefficient (Wildman–Crippen LogP) is 0.230. The number of hydrogen-bond acceptors (Lipinski definition) is 5. The standard InChI is InChI=1S/C18H24N4O3/c1-13(23)11-20-7-9-21(10-8-20)17(24)12-22-14(2)19-16-6-4-3-5-15(16)18(22)25/h3-6,13,23H,7-12H2,1-2H3/t13-/m1/s1. The van der Waals surface area contributed by atoms with Gasteiger partial charge in [-0.1, -0.05) is 12.1 Å². The van der Waals surface area contributed by atoms with Gasteiger partial charge in [0, 0.05) is 32.7 Å². The van der Waals surface area contributed by atoms with Crippen molar-refractivity contribution in [1.82, 2.24) is 19.4 Å². The van der Waals surface area contributed by atoms with Crippen LogP contribution in [0.5, 0.6) is 0 Å². The Balaban J connectivity index is 1.72.